The molecule has 2 N–H and O–H groups in total. The molecule has 166 valence electrons. The van der Waals surface area contributed by atoms with Crippen molar-refractivity contribution in [1.29, 1.82) is 0 Å². The highest BCUT2D eigenvalue weighted by atomic mass is 127. The van der Waals surface area contributed by atoms with Gasteiger partial charge in [-0.3, -0.25) is 4.90 Å². The summed E-state index contributed by atoms with van der Waals surface area (Å²) in [5.74, 6) is 2.32. The standard InChI is InChI=1S/C22H38N4O2.HI/c1-6-23-22(24-14-19(5)16-26-9-11-27-12-10-26)25-15-20-8-7-18(4)13-21(20)28-17(2)3;/h7-8,13,17,19H,6,9-12,14-16H2,1-5H3,(H2,23,24,25);1H. The molecule has 0 saturated carbocycles. The smallest absolute Gasteiger partial charge is 0.191 e. The Hall–Kier alpha value is -1.06. The van der Waals surface area contributed by atoms with E-state index in [1.165, 1.54) is 5.56 Å². The fourth-order valence-electron chi connectivity index (χ4n) is 3.22. The Bertz CT molecular complexity index is 619. The Kier molecular flexibility index (Phi) is 12.6. The molecule has 7 heteroatoms. The van der Waals surface area contributed by atoms with Gasteiger partial charge in [-0.15, -0.1) is 24.0 Å². The Morgan fingerprint density at radius 3 is 2.59 bits per heavy atom. The van der Waals surface area contributed by atoms with Crippen LogP contribution in [0, 0.1) is 12.8 Å². The lowest BCUT2D eigenvalue weighted by Crippen LogP contribution is -2.44. The van der Waals surface area contributed by atoms with Crippen molar-refractivity contribution in [2.45, 2.75) is 47.3 Å². The molecule has 29 heavy (non-hydrogen) atoms. The van der Waals surface area contributed by atoms with Crippen LogP contribution in [0.25, 0.3) is 0 Å². The lowest BCUT2D eigenvalue weighted by molar-refractivity contribution is 0.0320. The van der Waals surface area contributed by atoms with Crippen LogP contribution in [0.5, 0.6) is 5.75 Å². The normalized spacial score (nSPS) is 16.3. The van der Waals surface area contributed by atoms with Crippen molar-refractivity contribution in [3.63, 3.8) is 0 Å². The fraction of sp³-hybridized carbons (Fsp3) is 0.682. The van der Waals surface area contributed by atoms with Crippen LogP contribution in [0.3, 0.4) is 0 Å². The zero-order valence-corrected chi connectivity index (χ0v) is 21.0. The summed E-state index contributed by atoms with van der Waals surface area (Å²) >= 11 is 0. The number of nitrogens with zero attached hydrogens (tertiary/aromatic N) is 2. The van der Waals surface area contributed by atoms with Crippen molar-refractivity contribution in [3.05, 3.63) is 29.3 Å². The fourth-order valence-corrected chi connectivity index (χ4v) is 3.22. The van der Waals surface area contributed by atoms with Gasteiger partial charge in [-0.2, -0.15) is 0 Å². The highest BCUT2D eigenvalue weighted by molar-refractivity contribution is 14.0. The molecule has 1 saturated heterocycles. The Morgan fingerprint density at radius 2 is 1.93 bits per heavy atom. The molecule has 1 heterocycles. The Balaban J connectivity index is 0.00000420. The molecule has 6 nitrogen and oxygen atoms in total. The zero-order valence-electron chi connectivity index (χ0n) is 18.7. The van der Waals surface area contributed by atoms with E-state index in [0.717, 1.165) is 63.2 Å². The molecule has 1 unspecified atom stereocenters. The number of aliphatic imine (C=N–C) groups is 1. The number of hydrogen-bond acceptors (Lipinski definition) is 4. The number of rotatable bonds is 9. The minimum atomic E-state index is 0. The topological polar surface area (TPSA) is 58.1 Å². The summed E-state index contributed by atoms with van der Waals surface area (Å²) in [5, 5.41) is 6.84. The van der Waals surface area contributed by atoms with Crippen LogP contribution >= 0.6 is 24.0 Å². The van der Waals surface area contributed by atoms with E-state index >= 15 is 0 Å². The predicted molar refractivity (Wildman–Crippen MR) is 132 cm³/mol. The minimum Gasteiger partial charge on any atom is -0.491 e. The molecule has 0 radical (unpaired) electrons. The van der Waals surface area contributed by atoms with E-state index < -0.39 is 0 Å². The van der Waals surface area contributed by atoms with Crippen LogP contribution in [0.4, 0.5) is 0 Å². The molecule has 1 aromatic carbocycles. The van der Waals surface area contributed by atoms with Crippen molar-refractivity contribution in [3.8, 4) is 5.75 Å². The number of guanidine groups is 1. The molecule has 0 aliphatic carbocycles. The summed E-state index contributed by atoms with van der Waals surface area (Å²) in [5.41, 5.74) is 2.31. The molecule has 2 rings (SSSR count). The average molecular weight is 518 g/mol. The number of halogens is 1. The van der Waals surface area contributed by atoms with E-state index in [0.29, 0.717) is 12.5 Å². The third kappa shape index (κ3) is 10.00. The predicted octanol–water partition coefficient (Wildman–Crippen LogP) is 3.42. The van der Waals surface area contributed by atoms with Crippen molar-refractivity contribution < 1.29 is 9.47 Å². The number of aryl methyl sites for hydroxylation is 1. The van der Waals surface area contributed by atoms with Gasteiger partial charge in [-0.05, 0) is 45.2 Å². The van der Waals surface area contributed by atoms with Gasteiger partial charge in [-0.25, -0.2) is 4.99 Å². The second kappa shape index (κ2) is 14.0. The van der Waals surface area contributed by atoms with Crippen LogP contribution in [0.1, 0.15) is 38.8 Å². The number of hydrogen-bond donors (Lipinski definition) is 2. The van der Waals surface area contributed by atoms with Crippen LogP contribution in [-0.2, 0) is 11.3 Å². The monoisotopic (exact) mass is 518 g/mol. The minimum absolute atomic E-state index is 0. The Labute approximate surface area is 193 Å². The summed E-state index contributed by atoms with van der Waals surface area (Å²) in [6, 6.07) is 6.32. The number of ether oxygens (including phenoxy) is 2. The quantitative estimate of drug-likeness (QED) is 0.298. The number of nitrogens with one attached hydrogen (secondary N) is 2. The molecule has 1 aliphatic heterocycles. The molecule has 0 amide bonds. The molecule has 0 aromatic heterocycles. The van der Waals surface area contributed by atoms with E-state index in [1.54, 1.807) is 0 Å². The SMILES string of the molecule is CCNC(=NCc1ccc(C)cc1OC(C)C)NCC(C)CN1CCOCC1.I. The molecule has 1 aromatic rings. The van der Waals surface area contributed by atoms with Gasteiger partial charge >= 0.3 is 0 Å². The van der Waals surface area contributed by atoms with Gasteiger partial charge in [0, 0.05) is 38.3 Å². The third-order valence-corrected chi connectivity index (χ3v) is 4.63. The highest BCUT2D eigenvalue weighted by Gasteiger charge is 2.14. The first-order valence-electron chi connectivity index (χ1n) is 10.6. The van der Waals surface area contributed by atoms with E-state index in [2.05, 4.69) is 68.4 Å². The van der Waals surface area contributed by atoms with Gasteiger partial charge in [0.25, 0.3) is 0 Å². The second-order valence-electron chi connectivity index (χ2n) is 7.87. The van der Waals surface area contributed by atoms with Crippen LogP contribution in [-0.4, -0.2) is 62.9 Å². The van der Waals surface area contributed by atoms with Crippen LogP contribution in [0.15, 0.2) is 23.2 Å². The summed E-state index contributed by atoms with van der Waals surface area (Å²) in [7, 11) is 0. The first kappa shape index (κ1) is 26.0. The maximum absolute atomic E-state index is 5.98. The van der Waals surface area contributed by atoms with E-state index in [1.807, 2.05) is 0 Å². The zero-order chi connectivity index (χ0) is 20.4. The molecule has 0 spiro atoms. The number of benzene rings is 1. The number of morpholine rings is 1. The first-order chi connectivity index (χ1) is 13.5. The molecule has 1 fully saturated rings. The van der Waals surface area contributed by atoms with Gasteiger partial charge in [0.2, 0.25) is 0 Å². The van der Waals surface area contributed by atoms with Crippen molar-refractivity contribution in [2.24, 2.45) is 10.9 Å². The van der Waals surface area contributed by atoms with Crippen molar-refractivity contribution >= 4 is 29.9 Å². The average Bonchev–Trinajstić information content (AvgIpc) is 2.65. The summed E-state index contributed by atoms with van der Waals surface area (Å²) < 4.78 is 11.4. The molecular formula is C22H39IN4O2. The largest absolute Gasteiger partial charge is 0.491 e. The lowest BCUT2D eigenvalue weighted by atomic mass is 10.1. The highest BCUT2D eigenvalue weighted by Crippen LogP contribution is 2.22. The maximum Gasteiger partial charge on any atom is 0.191 e. The Morgan fingerprint density at radius 1 is 1.21 bits per heavy atom. The van der Waals surface area contributed by atoms with Gasteiger partial charge in [-0.1, -0.05) is 19.1 Å². The molecule has 1 atom stereocenters. The van der Waals surface area contributed by atoms with Gasteiger partial charge in [0.15, 0.2) is 5.96 Å². The first-order valence-corrected chi connectivity index (χ1v) is 10.6. The lowest BCUT2D eigenvalue weighted by Gasteiger charge is -2.29. The molecule has 0 bridgehead atoms. The molecular weight excluding hydrogens is 479 g/mol. The third-order valence-electron chi connectivity index (χ3n) is 4.63. The van der Waals surface area contributed by atoms with Gasteiger partial charge in [0.05, 0.1) is 25.9 Å². The maximum atomic E-state index is 5.98. The second-order valence-corrected chi connectivity index (χ2v) is 7.87. The van der Waals surface area contributed by atoms with Crippen LogP contribution < -0.4 is 15.4 Å². The van der Waals surface area contributed by atoms with Crippen molar-refractivity contribution in [1.82, 2.24) is 15.5 Å². The van der Waals surface area contributed by atoms with E-state index in [4.69, 9.17) is 14.5 Å². The summed E-state index contributed by atoms with van der Waals surface area (Å²) in [4.78, 5) is 7.25. The van der Waals surface area contributed by atoms with E-state index in [-0.39, 0.29) is 30.1 Å². The van der Waals surface area contributed by atoms with Crippen LogP contribution in [0.2, 0.25) is 0 Å². The van der Waals surface area contributed by atoms with Gasteiger partial charge < -0.3 is 20.1 Å². The summed E-state index contributed by atoms with van der Waals surface area (Å²) in [6.45, 7) is 17.7. The summed E-state index contributed by atoms with van der Waals surface area (Å²) in [6.07, 6.45) is 0.150. The van der Waals surface area contributed by atoms with Gasteiger partial charge in [0.1, 0.15) is 5.75 Å². The van der Waals surface area contributed by atoms with E-state index in [9.17, 15) is 0 Å². The van der Waals surface area contributed by atoms with Crippen molar-refractivity contribution in [2.75, 3.05) is 45.9 Å². The molecule has 1 aliphatic rings.